The van der Waals surface area contributed by atoms with Crippen molar-refractivity contribution in [3.05, 3.63) is 53.6 Å². The smallest absolute Gasteiger partial charge is 0.463 e. The highest BCUT2D eigenvalue weighted by Crippen LogP contribution is 2.42. The van der Waals surface area contributed by atoms with Gasteiger partial charge in [0.2, 0.25) is 12.8 Å². The number of hydrogen-bond acceptors (Lipinski definition) is 6. The molecule has 10 heteroatoms. The van der Waals surface area contributed by atoms with Crippen LogP contribution in [0.1, 0.15) is 30.1 Å². The van der Waals surface area contributed by atoms with E-state index in [9.17, 15) is 23.1 Å². The van der Waals surface area contributed by atoms with E-state index in [1.807, 2.05) is 0 Å². The Hall–Kier alpha value is -2.98. The molecule has 178 valence electrons. The molecule has 0 spiro atoms. The maximum Gasteiger partial charge on any atom is 0.586 e. The summed E-state index contributed by atoms with van der Waals surface area (Å²) < 4.78 is 52.6. The fourth-order valence-electron chi connectivity index (χ4n) is 4.06. The monoisotopic (exact) mass is 466 g/mol. The molecule has 0 aliphatic carbocycles. The van der Waals surface area contributed by atoms with E-state index in [1.165, 1.54) is 18.2 Å². The lowest BCUT2D eigenvalue weighted by molar-refractivity contribution is -0.286. The van der Waals surface area contributed by atoms with Gasteiger partial charge in [-0.15, -0.1) is 8.78 Å². The van der Waals surface area contributed by atoms with Crippen LogP contribution in [0.2, 0.25) is 0 Å². The molecule has 2 aromatic carbocycles. The zero-order valence-electron chi connectivity index (χ0n) is 17.8. The minimum absolute atomic E-state index is 0.0481. The van der Waals surface area contributed by atoms with Crippen LogP contribution in [-0.4, -0.2) is 54.7 Å². The average Bonchev–Trinajstić information content (AvgIpc) is 3.39. The van der Waals surface area contributed by atoms with Gasteiger partial charge in [-0.3, -0.25) is 4.79 Å². The second-order valence-corrected chi connectivity index (χ2v) is 8.07. The van der Waals surface area contributed by atoms with Crippen LogP contribution in [0, 0.1) is 0 Å². The van der Waals surface area contributed by atoms with Gasteiger partial charge in [0, 0.05) is 6.54 Å². The summed E-state index contributed by atoms with van der Waals surface area (Å²) >= 11 is 0. The van der Waals surface area contributed by atoms with E-state index in [2.05, 4.69) is 19.7 Å². The molecule has 0 radical (unpaired) electrons. The fraction of sp³-hybridized carbons (Fsp3) is 0.435. The van der Waals surface area contributed by atoms with Gasteiger partial charge in [-0.25, -0.2) is 4.39 Å². The number of carbonyl (C=O) groups excluding carboxylic acids is 1. The lowest BCUT2D eigenvalue weighted by Gasteiger charge is -2.29. The number of nitrogens with one attached hydrogen (secondary N) is 1. The van der Waals surface area contributed by atoms with E-state index in [4.69, 9.17) is 4.74 Å². The molecule has 2 aliphatic rings. The molecule has 0 aromatic heterocycles. The Labute approximate surface area is 189 Å². The molecule has 1 saturated heterocycles. The number of carbonyl (C=O) groups is 1. The van der Waals surface area contributed by atoms with Crippen molar-refractivity contribution < 1.29 is 37.3 Å². The Bertz CT molecular complexity index is 967. The molecule has 2 aliphatic heterocycles. The van der Waals surface area contributed by atoms with Gasteiger partial charge in [-0.1, -0.05) is 18.2 Å². The van der Waals surface area contributed by atoms with Crippen molar-refractivity contribution in [2.75, 3.05) is 26.5 Å². The molecule has 1 fully saturated rings. The first kappa shape index (κ1) is 23.2. The van der Waals surface area contributed by atoms with E-state index in [0.29, 0.717) is 23.4 Å². The van der Waals surface area contributed by atoms with Gasteiger partial charge >= 0.3 is 6.29 Å². The minimum Gasteiger partial charge on any atom is -0.463 e. The van der Waals surface area contributed by atoms with E-state index in [0.717, 1.165) is 25.9 Å². The number of hydrogen-bond donors (Lipinski definition) is 2. The van der Waals surface area contributed by atoms with Gasteiger partial charge < -0.3 is 29.5 Å². The predicted octanol–water partition coefficient (Wildman–Crippen LogP) is 3.17. The summed E-state index contributed by atoms with van der Waals surface area (Å²) in [5.74, 6) is -0.239. The zero-order valence-corrected chi connectivity index (χ0v) is 17.8. The largest absolute Gasteiger partial charge is 0.586 e. The SMILES string of the molecule is O=C(Cc1ccc(OCF)cc1)N[C@H](CN1CCCC1)[C@H](O)c1ccc2c(c1)OC(F)(F)O2. The number of rotatable bonds is 9. The van der Waals surface area contributed by atoms with Gasteiger partial charge in [0.25, 0.3) is 0 Å². The number of halogens is 3. The van der Waals surface area contributed by atoms with Crippen molar-refractivity contribution in [1.82, 2.24) is 10.2 Å². The molecule has 7 nitrogen and oxygen atoms in total. The molecule has 2 N–H and O–H groups in total. The summed E-state index contributed by atoms with van der Waals surface area (Å²) in [6, 6.07) is 9.87. The van der Waals surface area contributed by atoms with Crippen LogP contribution in [0.15, 0.2) is 42.5 Å². The number of nitrogens with zero attached hydrogens (tertiary/aromatic N) is 1. The number of likely N-dealkylation sites (tertiary alicyclic amines) is 1. The van der Waals surface area contributed by atoms with Gasteiger partial charge in [0.15, 0.2) is 11.5 Å². The maximum atomic E-state index is 13.3. The van der Waals surface area contributed by atoms with E-state index in [1.54, 1.807) is 24.3 Å². The number of benzene rings is 2. The first-order valence-corrected chi connectivity index (χ1v) is 10.7. The molecule has 1 amide bonds. The highest BCUT2D eigenvalue weighted by Gasteiger charge is 2.43. The molecule has 0 saturated carbocycles. The van der Waals surface area contributed by atoms with Gasteiger partial charge in [0.1, 0.15) is 11.9 Å². The molecule has 2 atom stereocenters. The number of fused-ring (bicyclic) bond motifs is 1. The normalized spacial score (nSPS) is 18.7. The second kappa shape index (κ2) is 9.88. The highest BCUT2D eigenvalue weighted by atomic mass is 19.3. The molecule has 0 bridgehead atoms. The van der Waals surface area contributed by atoms with Crippen molar-refractivity contribution in [3.8, 4) is 17.2 Å². The predicted molar refractivity (Wildman–Crippen MR) is 112 cm³/mol. The van der Waals surface area contributed by atoms with Crippen molar-refractivity contribution in [1.29, 1.82) is 0 Å². The Morgan fingerprint density at radius 1 is 1.12 bits per heavy atom. The lowest BCUT2D eigenvalue weighted by atomic mass is 10.0. The molecular weight excluding hydrogens is 441 g/mol. The van der Waals surface area contributed by atoms with E-state index in [-0.39, 0.29) is 23.8 Å². The summed E-state index contributed by atoms with van der Waals surface area (Å²) in [7, 11) is 0. The van der Waals surface area contributed by atoms with Gasteiger partial charge in [-0.2, -0.15) is 0 Å². The van der Waals surface area contributed by atoms with Crippen molar-refractivity contribution in [2.24, 2.45) is 0 Å². The lowest BCUT2D eigenvalue weighted by Crippen LogP contribution is -2.47. The van der Waals surface area contributed by atoms with E-state index < -0.39 is 25.3 Å². The van der Waals surface area contributed by atoms with Crippen LogP contribution in [0.3, 0.4) is 0 Å². The standard InChI is InChI=1S/C23H25F3N2O5/c24-14-31-17-6-3-15(4-7-17)11-21(29)27-18(13-28-9-1-2-10-28)22(30)16-5-8-19-20(12-16)33-23(25,26)32-19/h3-8,12,18,22,30H,1-2,9-11,13-14H2,(H,27,29)/t18-,22-/m1/s1. The quantitative estimate of drug-likeness (QED) is 0.591. The number of ether oxygens (including phenoxy) is 3. The third-order valence-corrected chi connectivity index (χ3v) is 5.66. The molecule has 4 rings (SSSR count). The average molecular weight is 466 g/mol. The van der Waals surface area contributed by atoms with Crippen molar-refractivity contribution >= 4 is 5.91 Å². The second-order valence-electron chi connectivity index (χ2n) is 8.07. The Kier molecular flexibility index (Phi) is 6.94. The first-order chi connectivity index (χ1) is 15.8. The summed E-state index contributed by atoms with van der Waals surface area (Å²) in [4.78, 5) is 14.9. The Balaban J connectivity index is 1.46. The molecular formula is C23H25F3N2O5. The van der Waals surface area contributed by atoms with Crippen LogP contribution in [0.4, 0.5) is 13.2 Å². The number of alkyl halides is 3. The number of amides is 1. The maximum absolute atomic E-state index is 13.3. The van der Waals surface area contributed by atoms with Gasteiger partial charge in [-0.05, 0) is 61.3 Å². The minimum atomic E-state index is -3.75. The molecule has 33 heavy (non-hydrogen) atoms. The Morgan fingerprint density at radius 2 is 1.82 bits per heavy atom. The molecule has 2 heterocycles. The number of aliphatic hydroxyl groups excluding tert-OH is 1. The summed E-state index contributed by atoms with van der Waals surface area (Å²) in [6.45, 7) is 1.17. The highest BCUT2D eigenvalue weighted by molar-refractivity contribution is 5.79. The third-order valence-electron chi connectivity index (χ3n) is 5.66. The summed E-state index contributed by atoms with van der Waals surface area (Å²) in [5.41, 5.74) is 1.02. The van der Waals surface area contributed by atoms with Crippen molar-refractivity contribution in [3.63, 3.8) is 0 Å². The molecule has 0 unspecified atom stereocenters. The summed E-state index contributed by atoms with van der Waals surface area (Å²) in [6.07, 6.45) is -2.79. The van der Waals surface area contributed by atoms with Crippen LogP contribution in [-0.2, 0) is 11.2 Å². The third kappa shape index (κ3) is 5.88. The summed E-state index contributed by atoms with van der Waals surface area (Å²) in [5, 5.41) is 13.9. The number of aliphatic hydroxyl groups is 1. The van der Waals surface area contributed by atoms with Crippen LogP contribution in [0.5, 0.6) is 17.2 Å². The van der Waals surface area contributed by atoms with E-state index >= 15 is 0 Å². The molecule has 2 aromatic rings. The zero-order chi connectivity index (χ0) is 23.4. The fourth-order valence-corrected chi connectivity index (χ4v) is 4.06. The van der Waals surface area contributed by atoms with Gasteiger partial charge in [0.05, 0.1) is 12.5 Å². The van der Waals surface area contributed by atoms with Crippen LogP contribution in [0.25, 0.3) is 0 Å². The Morgan fingerprint density at radius 3 is 2.52 bits per heavy atom. The van der Waals surface area contributed by atoms with Crippen LogP contribution >= 0.6 is 0 Å². The topological polar surface area (TPSA) is 80.3 Å². The van der Waals surface area contributed by atoms with Crippen LogP contribution < -0.4 is 19.5 Å². The first-order valence-electron chi connectivity index (χ1n) is 10.7. The van der Waals surface area contributed by atoms with Crippen molar-refractivity contribution in [2.45, 2.75) is 37.7 Å².